The highest BCUT2D eigenvalue weighted by Crippen LogP contribution is 2.22. The minimum atomic E-state index is -0.166. The predicted molar refractivity (Wildman–Crippen MR) is 93.9 cm³/mol. The molecule has 0 aliphatic rings. The molecule has 1 amide bonds. The van der Waals surface area contributed by atoms with E-state index in [0.717, 1.165) is 22.9 Å². The Morgan fingerprint density at radius 2 is 1.70 bits per heavy atom. The lowest BCUT2D eigenvalue weighted by molar-refractivity contribution is -0.118. The van der Waals surface area contributed by atoms with Crippen molar-refractivity contribution >= 4 is 22.4 Å². The first-order valence-corrected chi connectivity index (χ1v) is 7.75. The molecule has 0 radical (unpaired) electrons. The van der Waals surface area contributed by atoms with Crippen LogP contribution in [0.5, 0.6) is 5.75 Å². The molecule has 3 nitrogen and oxygen atoms in total. The lowest BCUT2D eigenvalue weighted by atomic mass is 10.1. The van der Waals surface area contributed by atoms with E-state index in [-0.39, 0.29) is 12.5 Å². The van der Waals surface area contributed by atoms with Crippen LogP contribution in [0, 0.1) is 0 Å². The fourth-order valence-corrected chi connectivity index (χ4v) is 2.49. The molecule has 0 bridgehead atoms. The summed E-state index contributed by atoms with van der Waals surface area (Å²) in [5, 5.41) is 5.04. The molecule has 0 spiro atoms. The molecule has 23 heavy (non-hydrogen) atoms. The van der Waals surface area contributed by atoms with Gasteiger partial charge in [-0.25, -0.2) is 0 Å². The predicted octanol–water partition coefficient (Wildman–Crippen LogP) is 4.42. The standard InChI is InChI=1S/C20H19NO2/c1-2-15-10-12-17(13-11-15)23-14-20(22)21-19-9-5-7-16-6-3-4-8-18(16)19/h3-13H,2,14H2,1H3,(H,21,22). The topological polar surface area (TPSA) is 38.3 Å². The summed E-state index contributed by atoms with van der Waals surface area (Å²) in [7, 11) is 0. The summed E-state index contributed by atoms with van der Waals surface area (Å²) in [4.78, 5) is 12.1. The summed E-state index contributed by atoms with van der Waals surface area (Å²) in [6, 6.07) is 21.6. The highest BCUT2D eigenvalue weighted by Gasteiger charge is 2.06. The van der Waals surface area contributed by atoms with Crippen LogP contribution in [0.15, 0.2) is 66.7 Å². The van der Waals surface area contributed by atoms with E-state index >= 15 is 0 Å². The van der Waals surface area contributed by atoms with Crippen LogP contribution < -0.4 is 10.1 Å². The van der Waals surface area contributed by atoms with Crippen LogP contribution in [0.1, 0.15) is 12.5 Å². The van der Waals surface area contributed by atoms with Gasteiger partial charge in [0.1, 0.15) is 5.75 Å². The lowest BCUT2D eigenvalue weighted by Gasteiger charge is -2.10. The SMILES string of the molecule is CCc1ccc(OCC(=O)Nc2cccc3ccccc23)cc1. The summed E-state index contributed by atoms with van der Waals surface area (Å²) in [5.74, 6) is 0.538. The van der Waals surface area contributed by atoms with Gasteiger partial charge in [-0.3, -0.25) is 4.79 Å². The van der Waals surface area contributed by atoms with Gasteiger partial charge in [-0.05, 0) is 35.6 Å². The second kappa shape index (κ2) is 6.97. The maximum Gasteiger partial charge on any atom is 0.262 e. The summed E-state index contributed by atoms with van der Waals surface area (Å²) < 4.78 is 5.54. The third-order valence-electron chi connectivity index (χ3n) is 3.77. The van der Waals surface area contributed by atoms with Gasteiger partial charge < -0.3 is 10.1 Å². The summed E-state index contributed by atoms with van der Waals surface area (Å²) >= 11 is 0. The van der Waals surface area contributed by atoms with Crippen LogP contribution in [0.3, 0.4) is 0 Å². The summed E-state index contributed by atoms with van der Waals surface area (Å²) in [6.45, 7) is 2.10. The molecular formula is C20H19NO2. The number of amides is 1. The zero-order chi connectivity index (χ0) is 16.1. The Kier molecular flexibility index (Phi) is 4.57. The van der Waals surface area contributed by atoms with Crippen LogP contribution in [-0.4, -0.2) is 12.5 Å². The molecule has 3 aromatic rings. The minimum Gasteiger partial charge on any atom is -0.484 e. The zero-order valence-corrected chi connectivity index (χ0v) is 13.1. The van der Waals surface area contributed by atoms with Crippen molar-refractivity contribution < 1.29 is 9.53 Å². The van der Waals surface area contributed by atoms with E-state index in [1.165, 1.54) is 5.56 Å². The molecule has 0 heterocycles. The van der Waals surface area contributed by atoms with Crippen molar-refractivity contribution in [1.82, 2.24) is 0 Å². The molecule has 0 saturated heterocycles. The van der Waals surface area contributed by atoms with Gasteiger partial charge in [0.15, 0.2) is 6.61 Å². The third kappa shape index (κ3) is 3.69. The monoisotopic (exact) mass is 305 g/mol. The summed E-state index contributed by atoms with van der Waals surface area (Å²) in [5.41, 5.74) is 2.05. The molecule has 0 aliphatic heterocycles. The first kappa shape index (κ1) is 15.1. The molecule has 0 fully saturated rings. The first-order chi connectivity index (χ1) is 11.3. The minimum absolute atomic E-state index is 0.00527. The van der Waals surface area contributed by atoms with Crippen LogP contribution in [0.25, 0.3) is 10.8 Å². The molecule has 0 saturated carbocycles. The van der Waals surface area contributed by atoms with Crippen LogP contribution in [0.2, 0.25) is 0 Å². The number of carbonyl (C=O) groups is 1. The van der Waals surface area contributed by atoms with Gasteiger partial charge in [-0.1, -0.05) is 55.5 Å². The Labute approximate surface area is 135 Å². The summed E-state index contributed by atoms with van der Waals surface area (Å²) in [6.07, 6.45) is 0.988. The molecule has 116 valence electrons. The van der Waals surface area contributed by atoms with E-state index in [2.05, 4.69) is 12.2 Å². The van der Waals surface area contributed by atoms with Gasteiger partial charge in [0.25, 0.3) is 5.91 Å². The second-order valence-electron chi connectivity index (χ2n) is 5.36. The van der Waals surface area contributed by atoms with E-state index in [0.29, 0.717) is 5.75 Å². The van der Waals surface area contributed by atoms with Crippen molar-refractivity contribution in [3.05, 3.63) is 72.3 Å². The van der Waals surface area contributed by atoms with Crippen molar-refractivity contribution in [3.63, 3.8) is 0 Å². The first-order valence-electron chi connectivity index (χ1n) is 7.75. The normalized spacial score (nSPS) is 10.5. The average Bonchev–Trinajstić information content (AvgIpc) is 2.61. The van der Waals surface area contributed by atoms with Gasteiger partial charge in [-0.2, -0.15) is 0 Å². The average molecular weight is 305 g/mol. The molecule has 0 aliphatic carbocycles. The smallest absolute Gasteiger partial charge is 0.262 e. The number of aryl methyl sites for hydroxylation is 1. The molecule has 3 rings (SSSR count). The zero-order valence-electron chi connectivity index (χ0n) is 13.1. The quantitative estimate of drug-likeness (QED) is 0.758. The van der Waals surface area contributed by atoms with E-state index < -0.39 is 0 Å². The third-order valence-corrected chi connectivity index (χ3v) is 3.77. The molecule has 3 aromatic carbocycles. The molecule has 0 atom stereocenters. The van der Waals surface area contributed by atoms with Crippen LogP contribution in [-0.2, 0) is 11.2 Å². The van der Waals surface area contributed by atoms with Crippen molar-refractivity contribution in [1.29, 1.82) is 0 Å². The number of hydrogen-bond acceptors (Lipinski definition) is 2. The van der Waals surface area contributed by atoms with Gasteiger partial charge in [0.05, 0.1) is 0 Å². The Morgan fingerprint density at radius 1 is 0.957 bits per heavy atom. The van der Waals surface area contributed by atoms with Crippen molar-refractivity contribution in [2.45, 2.75) is 13.3 Å². The van der Waals surface area contributed by atoms with E-state index in [1.54, 1.807) is 0 Å². The number of hydrogen-bond donors (Lipinski definition) is 1. The number of carbonyl (C=O) groups excluding carboxylic acids is 1. The second-order valence-corrected chi connectivity index (χ2v) is 5.36. The van der Waals surface area contributed by atoms with E-state index in [1.807, 2.05) is 66.7 Å². The molecule has 3 heteroatoms. The fourth-order valence-electron chi connectivity index (χ4n) is 2.49. The maximum atomic E-state index is 12.1. The molecule has 0 aromatic heterocycles. The highest BCUT2D eigenvalue weighted by molar-refractivity contribution is 6.02. The number of anilines is 1. The number of benzene rings is 3. The molecule has 1 N–H and O–H groups in total. The maximum absolute atomic E-state index is 12.1. The number of rotatable bonds is 5. The van der Waals surface area contributed by atoms with Gasteiger partial charge in [0, 0.05) is 11.1 Å². The van der Waals surface area contributed by atoms with Gasteiger partial charge >= 0.3 is 0 Å². The Morgan fingerprint density at radius 3 is 2.48 bits per heavy atom. The number of ether oxygens (including phenoxy) is 1. The van der Waals surface area contributed by atoms with E-state index in [4.69, 9.17) is 4.74 Å². The van der Waals surface area contributed by atoms with E-state index in [9.17, 15) is 4.79 Å². The van der Waals surface area contributed by atoms with Gasteiger partial charge in [0.2, 0.25) is 0 Å². The Hall–Kier alpha value is -2.81. The van der Waals surface area contributed by atoms with Gasteiger partial charge in [-0.15, -0.1) is 0 Å². The number of fused-ring (bicyclic) bond motifs is 1. The molecular weight excluding hydrogens is 286 g/mol. The Balaban J connectivity index is 1.64. The lowest BCUT2D eigenvalue weighted by Crippen LogP contribution is -2.20. The highest BCUT2D eigenvalue weighted by atomic mass is 16.5. The fraction of sp³-hybridized carbons (Fsp3) is 0.150. The van der Waals surface area contributed by atoms with Crippen LogP contribution >= 0.6 is 0 Å². The Bertz CT molecular complexity index is 804. The van der Waals surface area contributed by atoms with Crippen molar-refractivity contribution in [2.24, 2.45) is 0 Å². The van der Waals surface area contributed by atoms with Crippen molar-refractivity contribution in [3.8, 4) is 5.75 Å². The van der Waals surface area contributed by atoms with Crippen molar-refractivity contribution in [2.75, 3.05) is 11.9 Å². The largest absolute Gasteiger partial charge is 0.484 e. The van der Waals surface area contributed by atoms with Crippen LogP contribution in [0.4, 0.5) is 5.69 Å². The molecule has 0 unspecified atom stereocenters. The number of nitrogens with one attached hydrogen (secondary N) is 1.